The van der Waals surface area contributed by atoms with Crippen LogP contribution in [-0.2, 0) is 0 Å². The summed E-state index contributed by atoms with van der Waals surface area (Å²) in [7, 11) is 0. The predicted molar refractivity (Wildman–Crippen MR) is 99.4 cm³/mol. The fourth-order valence-corrected chi connectivity index (χ4v) is 2.82. The number of fused-ring (bicyclic) bond motifs is 1. The van der Waals surface area contributed by atoms with E-state index in [0.717, 1.165) is 23.9 Å². The number of benzene rings is 2. The summed E-state index contributed by atoms with van der Waals surface area (Å²) in [6.07, 6.45) is 7.25. The van der Waals surface area contributed by atoms with E-state index in [-0.39, 0.29) is 5.75 Å². The molecule has 0 radical (unpaired) electrons. The number of aromatic hydroxyl groups is 1. The molecule has 0 amide bonds. The summed E-state index contributed by atoms with van der Waals surface area (Å²) < 4.78 is 5.76. The van der Waals surface area contributed by atoms with Gasteiger partial charge < -0.3 is 9.84 Å². The molecular formula is C20H25N3O2. The van der Waals surface area contributed by atoms with Crippen molar-refractivity contribution in [1.82, 2.24) is 15.0 Å². The third-order valence-corrected chi connectivity index (χ3v) is 4.24. The molecule has 0 fully saturated rings. The fourth-order valence-electron chi connectivity index (χ4n) is 2.82. The first-order chi connectivity index (χ1) is 12.3. The average Bonchev–Trinajstić information content (AvgIpc) is 3.06. The molecule has 0 unspecified atom stereocenters. The molecule has 0 spiro atoms. The monoisotopic (exact) mass is 339 g/mol. The van der Waals surface area contributed by atoms with Gasteiger partial charge in [-0.25, -0.2) is 0 Å². The zero-order valence-electron chi connectivity index (χ0n) is 14.7. The van der Waals surface area contributed by atoms with Gasteiger partial charge in [0.1, 0.15) is 16.7 Å². The number of phenols is 1. The van der Waals surface area contributed by atoms with Gasteiger partial charge in [-0.15, -0.1) is 15.0 Å². The summed E-state index contributed by atoms with van der Waals surface area (Å²) in [6.45, 7) is 2.83. The minimum Gasteiger partial charge on any atom is -0.503 e. The Labute approximate surface area is 148 Å². The number of hydrogen-bond acceptors (Lipinski definition) is 4. The van der Waals surface area contributed by atoms with Crippen LogP contribution in [0.15, 0.2) is 42.5 Å². The zero-order valence-corrected chi connectivity index (χ0v) is 14.7. The van der Waals surface area contributed by atoms with Gasteiger partial charge in [-0.1, -0.05) is 57.2 Å². The van der Waals surface area contributed by atoms with Crippen molar-refractivity contribution in [3.63, 3.8) is 0 Å². The minimum absolute atomic E-state index is 0.0776. The Morgan fingerprint density at radius 1 is 0.880 bits per heavy atom. The quantitative estimate of drug-likeness (QED) is 0.565. The molecule has 25 heavy (non-hydrogen) atoms. The number of nitrogens with zero attached hydrogens (tertiary/aromatic N) is 3. The average molecular weight is 339 g/mol. The van der Waals surface area contributed by atoms with Crippen molar-refractivity contribution >= 4 is 11.0 Å². The third-order valence-electron chi connectivity index (χ3n) is 4.24. The van der Waals surface area contributed by atoms with Gasteiger partial charge in [0.25, 0.3) is 0 Å². The smallest absolute Gasteiger partial charge is 0.185 e. The van der Waals surface area contributed by atoms with Crippen molar-refractivity contribution in [3.05, 3.63) is 42.5 Å². The van der Waals surface area contributed by atoms with Gasteiger partial charge in [-0.3, -0.25) is 0 Å². The lowest BCUT2D eigenvalue weighted by molar-refractivity contribution is 0.288. The van der Waals surface area contributed by atoms with Crippen LogP contribution in [0.25, 0.3) is 16.7 Å². The standard InChI is InChI=1S/C20H25N3O2/c1-2-3-4-5-6-9-15-25-19-14-10-13-18(20(19)24)23-21-16-11-7-8-12-17(16)22-23/h7-8,10-14,24H,2-6,9,15H2,1H3. The van der Waals surface area contributed by atoms with Gasteiger partial charge in [0.05, 0.1) is 6.61 Å². The molecule has 132 valence electrons. The maximum Gasteiger partial charge on any atom is 0.185 e. The first kappa shape index (κ1) is 17.3. The van der Waals surface area contributed by atoms with Crippen LogP contribution in [0.2, 0.25) is 0 Å². The van der Waals surface area contributed by atoms with Gasteiger partial charge in [0.15, 0.2) is 11.5 Å². The predicted octanol–water partition coefficient (Wildman–Crippen LogP) is 4.87. The number of para-hydroxylation sites is 1. The van der Waals surface area contributed by atoms with Crippen LogP contribution < -0.4 is 4.74 Å². The number of hydrogen-bond donors (Lipinski definition) is 1. The van der Waals surface area contributed by atoms with Crippen molar-refractivity contribution < 1.29 is 9.84 Å². The number of aromatic nitrogens is 3. The topological polar surface area (TPSA) is 60.2 Å². The summed E-state index contributed by atoms with van der Waals surface area (Å²) >= 11 is 0. The Bertz CT molecular complexity index is 781. The lowest BCUT2D eigenvalue weighted by Gasteiger charge is -2.10. The van der Waals surface area contributed by atoms with E-state index < -0.39 is 0 Å². The van der Waals surface area contributed by atoms with Crippen LogP contribution in [0, 0.1) is 0 Å². The molecular weight excluding hydrogens is 314 g/mol. The number of unbranched alkanes of at least 4 members (excludes halogenated alkanes) is 5. The molecule has 0 saturated carbocycles. The summed E-state index contributed by atoms with van der Waals surface area (Å²) in [4.78, 5) is 1.46. The molecule has 0 atom stereocenters. The van der Waals surface area contributed by atoms with Crippen LogP contribution in [0.3, 0.4) is 0 Å². The van der Waals surface area contributed by atoms with Gasteiger partial charge in [-0.05, 0) is 30.7 Å². The van der Waals surface area contributed by atoms with Crippen molar-refractivity contribution in [2.24, 2.45) is 0 Å². The molecule has 3 rings (SSSR count). The highest BCUT2D eigenvalue weighted by Gasteiger charge is 2.12. The molecule has 1 aromatic heterocycles. The van der Waals surface area contributed by atoms with E-state index in [2.05, 4.69) is 17.1 Å². The second kappa shape index (κ2) is 8.51. The van der Waals surface area contributed by atoms with E-state index in [1.165, 1.54) is 30.5 Å². The van der Waals surface area contributed by atoms with Gasteiger partial charge in [0.2, 0.25) is 0 Å². The molecule has 5 nitrogen and oxygen atoms in total. The summed E-state index contributed by atoms with van der Waals surface area (Å²) in [6, 6.07) is 13.0. The summed E-state index contributed by atoms with van der Waals surface area (Å²) in [5.74, 6) is 0.557. The van der Waals surface area contributed by atoms with Gasteiger partial charge in [-0.2, -0.15) is 0 Å². The molecule has 0 aliphatic carbocycles. The highest BCUT2D eigenvalue weighted by molar-refractivity contribution is 5.73. The molecule has 0 aliphatic heterocycles. The van der Waals surface area contributed by atoms with Gasteiger partial charge in [0, 0.05) is 0 Å². The Hall–Kier alpha value is -2.56. The van der Waals surface area contributed by atoms with Gasteiger partial charge >= 0.3 is 0 Å². The van der Waals surface area contributed by atoms with E-state index in [9.17, 15) is 5.11 Å². The number of rotatable bonds is 9. The van der Waals surface area contributed by atoms with E-state index in [1.807, 2.05) is 30.3 Å². The molecule has 0 aliphatic rings. The Balaban J connectivity index is 1.64. The minimum atomic E-state index is 0.0776. The lowest BCUT2D eigenvalue weighted by atomic mass is 10.1. The molecule has 5 heteroatoms. The second-order valence-electron chi connectivity index (χ2n) is 6.22. The SMILES string of the molecule is CCCCCCCCOc1cccc(-n2nc3ccccc3n2)c1O. The fraction of sp³-hybridized carbons (Fsp3) is 0.400. The first-order valence-corrected chi connectivity index (χ1v) is 9.07. The maximum atomic E-state index is 10.5. The first-order valence-electron chi connectivity index (χ1n) is 9.07. The summed E-state index contributed by atoms with van der Waals surface area (Å²) in [5.41, 5.74) is 2.11. The van der Waals surface area contributed by atoms with Crippen LogP contribution in [-0.4, -0.2) is 26.7 Å². The lowest BCUT2D eigenvalue weighted by Crippen LogP contribution is -2.02. The molecule has 0 bridgehead atoms. The van der Waals surface area contributed by atoms with Crippen LogP contribution >= 0.6 is 0 Å². The number of phenolic OH excluding ortho intramolecular Hbond substituents is 1. The molecule has 1 N–H and O–H groups in total. The summed E-state index contributed by atoms with van der Waals surface area (Å²) in [5, 5.41) is 19.3. The molecule has 2 aromatic carbocycles. The maximum absolute atomic E-state index is 10.5. The molecule has 1 heterocycles. The highest BCUT2D eigenvalue weighted by atomic mass is 16.5. The normalized spacial score (nSPS) is 11.1. The van der Waals surface area contributed by atoms with E-state index in [0.29, 0.717) is 18.0 Å². The van der Waals surface area contributed by atoms with Crippen LogP contribution in [0.4, 0.5) is 0 Å². The number of ether oxygens (including phenoxy) is 1. The zero-order chi connectivity index (χ0) is 17.5. The van der Waals surface area contributed by atoms with Crippen molar-refractivity contribution in [3.8, 4) is 17.2 Å². The second-order valence-corrected chi connectivity index (χ2v) is 6.22. The van der Waals surface area contributed by atoms with E-state index in [4.69, 9.17) is 4.74 Å². The largest absolute Gasteiger partial charge is 0.503 e. The van der Waals surface area contributed by atoms with Crippen molar-refractivity contribution in [1.29, 1.82) is 0 Å². The molecule has 3 aromatic rings. The Kier molecular flexibility index (Phi) is 5.88. The van der Waals surface area contributed by atoms with E-state index in [1.54, 1.807) is 12.1 Å². The van der Waals surface area contributed by atoms with Crippen molar-refractivity contribution in [2.45, 2.75) is 45.4 Å². The molecule has 0 saturated heterocycles. The Morgan fingerprint density at radius 3 is 2.28 bits per heavy atom. The Morgan fingerprint density at radius 2 is 1.56 bits per heavy atom. The van der Waals surface area contributed by atoms with E-state index >= 15 is 0 Å². The van der Waals surface area contributed by atoms with Crippen LogP contribution in [0.1, 0.15) is 45.4 Å². The van der Waals surface area contributed by atoms with Crippen molar-refractivity contribution in [2.75, 3.05) is 6.61 Å². The third kappa shape index (κ3) is 4.29. The highest BCUT2D eigenvalue weighted by Crippen LogP contribution is 2.32. The van der Waals surface area contributed by atoms with Crippen LogP contribution in [0.5, 0.6) is 11.5 Å².